The number of aromatic nitrogens is 3. The molecule has 1 saturated heterocycles. The van der Waals surface area contributed by atoms with E-state index < -0.39 is 10.0 Å². The summed E-state index contributed by atoms with van der Waals surface area (Å²) in [6.45, 7) is 5.24. The van der Waals surface area contributed by atoms with Gasteiger partial charge in [-0.15, -0.1) is 0 Å². The molecule has 6 nitrogen and oxygen atoms in total. The van der Waals surface area contributed by atoms with Crippen LogP contribution in [0.1, 0.15) is 31.9 Å². The smallest absolute Gasteiger partial charge is 0.244 e. The Bertz CT molecular complexity index is 797. The number of pyridine rings is 1. The standard InChI is InChI=1S/C15H22N4O2S/c1-11-5-4-7-19(8-6-11)22(20,21)13-9-14-12(2)17-18(3)15(14)16-10-13/h9-11H,4-8H2,1-3H3/t11-/m1/s1. The van der Waals surface area contributed by atoms with E-state index in [0.29, 0.717) is 24.7 Å². The highest BCUT2D eigenvalue weighted by atomic mass is 32.2. The average Bonchev–Trinajstić information content (AvgIpc) is 2.65. The highest BCUT2D eigenvalue weighted by Crippen LogP contribution is 2.25. The van der Waals surface area contributed by atoms with E-state index in [1.165, 1.54) is 6.20 Å². The maximum absolute atomic E-state index is 12.9. The Morgan fingerprint density at radius 2 is 2.05 bits per heavy atom. The monoisotopic (exact) mass is 322 g/mol. The summed E-state index contributed by atoms with van der Waals surface area (Å²) in [6, 6.07) is 1.70. The van der Waals surface area contributed by atoms with Crippen LogP contribution in [-0.4, -0.2) is 40.6 Å². The third-order valence-electron chi connectivity index (χ3n) is 4.45. The zero-order valence-corrected chi connectivity index (χ0v) is 14.1. The predicted octanol–water partition coefficient (Wildman–Crippen LogP) is 2.09. The molecule has 0 saturated carbocycles. The predicted molar refractivity (Wildman–Crippen MR) is 85.0 cm³/mol. The largest absolute Gasteiger partial charge is 0.250 e. The Morgan fingerprint density at radius 1 is 1.27 bits per heavy atom. The first-order valence-corrected chi connectivity index (χ1v) is 9.13. The van der Waals surface area contributed by atoms with E-state index in [-0.39, 0.29) is 4.90 Å². The van der Waals surface area contributed by atoms with Gasteiger partial charge in [-0.25, -0.2) is 13.4 Å². The fourth-order valence-corrected chi connectivity index (χ4v) is 4.52. The number of rotatable bonds is 2. The van der Waals surface area contributed by atoms with Crippen molar-refractivity contribution < 1.29 is 8.42 Å². The van der Waals surface area contributed by atoms with Crippen LogP contribution in [0.25, 0.3) is 11.0 Å². The lowest BCUT2D eigenvalue weighted by atomic mass is 10.0. The molecule has 0 unspecified atom stereocenters. The summed E-state index contributed by atoms with van der Waals surface area (Å²) >= 11 is 0. The van der Waals surface area contributed by atoms with Crippen LogP contribution in [-0.2, 0) is 17.1 Å². The summed E-state index contributed by atoms with van der Waals surface area (Å²) in [7, 11) is -1.66. The second-order valence-corrected chi connectivity index (χ2v) is 8.13. The molecular formula is C15H22N4O2S. The number of fused-ring (bicyclic) bond motifs is 1. The summed E-state index contributed by atoms with van der Waals surface area (Å²) in [5.74, 6) is 0.585. The van der Waals surface area contributed by atoms with Gasteiger partial charge >= 0.3 is 0 Å². The summed E-state index contributed by atoms with van der Waals surface area (Å²) in [4.78, 5) is 4.56. The molecule has 0 bridgehead atoms. The molecule has 0 spiro atoms. The lowest BCUT2D eigenvalue weighted by Gasteiger charge is -2.19. The second-order valence-electron chi connectivity index (χ2n) is 6.19. The molecule has 2 aromatic rings. The van der Waals surface area contributed by atoms with Gasteiger partial charge in [-0.2, -0.15) is 9.40 Å². The molecule has 22 heavy (non-hydrogen) atoms. The first-order valence-electron chi connectivity index (χ1n) is 7.69. The minimum Gasteiger partial charge on any atom is -0.250 e. The molecule has 0 N–H and O–H groups in total. The maximum Gasteiger partial charge on any atom is 0.244 e. The fraction of sp³-hybridized carbons (Fsp3) is 0.600. The summed E-state index contributed by atoms with van der Waals surface area (Å²) in [6.07, 6.45) is 4.38. The van der Waals surface area contributed by atoms with Gasteiger partial charge < -0.3 is 0 Å². The summed E-state index contributed by atoms with van der Waals surface area (Å²) in [5, 5.41) is 5.09. The lowest BCUT2D eigenvalue weighted by molar-refractivity contribution is 0.416. The highest BCUT2D eigenvalue weighted by Gasteiger charge is 2.27. The molecular weight excluding hydrogens is 300 g/mol. The zero-order valence-electron chi connectivity index (χ0n) is 13.3. The number of hydrogen-bond donors (Lipinski definition) is 0. The molecule has 0 aromatic carbocycles. The first kappa shape index (κ1) is 15.4. The molecule has 1 atom stereocenters. The Balaban J connectivity index is 1.99. The molecule has 0 radical (unpaired) electrons. The Morgan fingerprint density at radius 3 is 2.82 bits per heavy atom. The van der Waals surface area contributed by atoms with E-state index in [4.69, 9.17) is 0 Å². The third kappa shape index (κ3) is 2.63. The van der Waals surface area contributed by atoms with Crippen LogP contribution in [0.4, 0.5) is 0 Å². The molecule has 1 aliphatic heterocycles. The molecule has 7 heteroatoms. The van der Waals surface area contributed by atoms with Gasteiger partial charge in [0.2, 0.25) is 10.0 Å². The van der Waals surface area contributed by atoms with Gasteiger partial charge in [0.25, 0.3) is 0 Å². The SMILES string of the molecule is Cc1nn(C)c2ncc(S(=O)(=O)N3CCC[C@@H](C)CC3)cc12. The van der Waals surface area contributed by atoms with Gasteiger partial charge in [0.15, 0.2) is 5.65 Å². The highest BCUT2D eigenvalue weighted by molar-refractivity contribution is 7.89. The first-order chi connectivity index (χ1) is 10.4. The van der Waals surface area contributed by atoms with E-state index in [1.54, 1.807) is 15.1 Å². The van der Waals surface area contributed by atoms with Crippen molar-refractivity contribution in [2.45, 2.75) is 38.0 Å². The molecule has 1 fully saturated rings. The van der Waals surface area contributed by atoms with Crippen molar-refractivity contribution in [1.29, 1.82) is 0 Å². The fourth-order valence-electron chi connectivity index (χ4n) is 3.06. The van der Waals surface area contributed by atoms with Crippen LogP contribution in [0.5, 0.6) is 0 Å². The summed E-state index contributed by atoms with van der Waals surface area (Å²) in [5.41, 5.74) is 1.51. The van der Waals surface area contributed by atoms with Crippen molar-refractivity contribution in [1.82, 2.24) is 19.1 Å². The van der Waals surface area contributed by atoms with Crippen LogP contribution in [0, 0.1) is 12.8 Å². The van der Waals surface area contributed by atoms with E-state index in [9.17, 15) is 8.42 Å². The van der Waals surface area contributed by atoms with Crippen molar-refractivity contribution >= 4 is 21.1 Å². The van der Waals surface area contributed by atoms with Crippen molar-refractivity contribution in [3.05, 3.63) is 18.0 Å². The van der Waals surface area contributed by atoms with Gasteiger partial charge in [0.1, 0.15) is 4.90 Å². The van der Waals surface area contributed by atoms with E-state index in [0.717, 1.165) is 30.3 Å². The molecule has 1 aliphatic rings. The number of nitrogens with zero attached hydrogens (tertiary/aromatic N) is 4. The zero-order chi connectivity index (χ0) is 15.9. The van der Waals surface area contributed by atoms with Gasteiger partial charge in [-0.3, -0.25) is 4.68 Å². The summed E-state index contributed by atoms with van der Waals surface area (Å²) < 4.78 is 29.0. The van der Waals surface area contributed by atoms with Crippen molar-refractivity contribution in [3.63, 3.8) is 0 Å². The normalized spacial score (nSPS) is 21.1. The van der Waals surface area contributed by atoms with Crippen LogP contribution in [0.3, 0.4) is 0 Å². The van der Waals surface area contributed by atoms with Crippen LogP contribution in [0.2, 0.25) is 0 Å². The molecule has 3 heterocycles. The quantitative estimate of drug-likeness (QED) is 0.849. The number of aryl methyl sites for hydroxylation is 2. The molecule has 0 amide bonds. The lowest BCUT2D eigenvalue weighted by Crippen LogP contribution is -2.32. The second kappa shape index (κ2) is 5.62. The van der Waals surface area contributed by atoms with Crippen molar-refractivity contribution in [3.8, 4) is 0 Å². The van der Waals surface area contributed by atoms with Crippen LogP contribution in [0.15, 0.2) is 17.2 Å². The Hall–Kier alpha value is -1.47. The van der Waals surface area contributed by atoms with Gasteiger partial charge in [0, 0.05) is 31.7 Å². The van der Waals surface area contributed by atoms with Crippen LogP contribution >= 0.6 is 0 Å². The van der Waals surface area contributed by atoms with Gasteiger partial charge in [-0.1, -0.05) is 6.92 Å². The third-order valence-corrected chi connectivity index (χ3v) is 6.32. The van der Waals surface area contributed by atoms with Crippen LogP contribution < -0.4 is 0 Å². The topological polar surface area (TPSA) is 68.1 Å². The number of hydrogen-bond acceptors (Lipinski definition) is 4. The molecule has 2 aromatic heterocycles. The Labute approximate surface area is 131 Å². The van der Waals surface area contributed by atoms with E-state index in [2.05, 4.69) is 17.0 Å². The van der Waals surface area contributed by atoms with Crippen molar-refractivity contribution in [2.24, 2.45) is 13.0 Å². The van der Waals surface area contributed by atoms with Gasteiger partial charge in [-0.05, 0) is 38.2 Å². The molecule has 0 aliphatic carbocycles. The minimum absolute atomic E-state index is 0.269. The molecule has 3 rings (SSSR count). The Kier molecular flexibility index (Phi) is 3.94. The molecule has 120 valence electrons. The maximum atomic E-state index is 12.9. The minimum atomic E-state index is -3.47. The van der Waals surface area contributed by atoms with Crippen molar-refractivity contribution in [2.75, 3.05) is 13.1 Å². The van der Waals surface area contributed by atoms with E-state index in [1.807, 2.05) is 14.0 Å². The average molecular weight is 322 g/mol. The van der Waals surface area contributed by atoms with E-state index >= 15 is 0 Å². The van der Waals surface area contributed by atoms with Gasteiger partial charge in [0.05, 0.1) is 5.69 Å². The number of sulfonamides is 1.